The number of carbonyl (C=O) groups is 2. The van der Waals surface area contributed by atoms with Crippen LogP contribution < -0.4 is 10.6 Å². The van der Waals surface area contributed by atoms with Gasteiger partial charge in [-0.2, -0.15) is 5.10 Å². The first kappa shape index (κ1) is 19.5. The molecule has 0 unspecified atom stereocenters. The number of hydrogen-bond donors (Lipinski definition) is 3. The van der Waals surface area contributed by atoms with Gasteiger partial charge in [-0.1, -0.05) is 0 Å². The monoisotopic (exact) mass is 391 g/mol. The second-order valence-electron chi connectivity index (χ2n) is 6.97. The minimum Gasteiger partial charge on any atom is -0.391 e. The predicted molar refractivity (Wildman–Crippen MR) is 101 cm³/mol. The zero-order chi connectivity index (χ0) is 19.4. The van der Waals surface area contributed by atoms with E-state index in [1.54, 1.807) is 10.9 Å². The van der Waals surface area contributed by atoms with Crippen molar-refractivity contribution in [1.82, 2.24) is 25.4 Å². The molecular weight excluding hydrogens is 366 g/mol. The molecule has 0 aliphatic heterocycles. The second kappa shape index (κ2) is 8.62. The average molecular weight is 391 g/mol. The topological polar surface area (TPSA) is 109 Å². The van der Waals surface area contributed by atoms with Crippen LogP contribution in [0.1, 0.15) is 41.1 Å². The molecule has 2 aromatic heterocycles. The summed E-state index contributed by atoms with van der Waals surface area (Å²) in [7, 11) is 0. The van der Waals surface area contributed by atoms with Gasteiger partial charge in [0.05, 0.1) is 29.9 Å². The summed E-state index contributed by atoms with van der Waals surface area (Å²) in [6.07, 6.45) is 0.863. The van der Waals surface area contributed by atoms with Crippen LogP contribution in [-0.4, -0.2) is 50.4 Å². The molecule has 2 aromatic rings. The standard InChI is InChI=1S/C18H25N5O3S/c1-11-7-12(2)23(22-11)6-5-19-17(25)13-3-4-16(24)14(8-13)21-18(26)15-9-27-10-20-15/h7,9-10,13-14,16,24H,3-6,8H2,1-2H3,(H,19,25)(H,21,26)/t13-,14+,16+/m0/s1. The molecule has 3 rings (SSSR count). The lowest BCUT2D eigenvalue weighted by Gasteiger charge is -2.33. The van der Waals surface area contributed by atoms with Gasteiger partial charge in [-0.3, -0.25) is 14.3 Å². The van der Waals surface area contributed by atoms with Crippen LogP contribution in [0.15, 0.2) is 17.0 Å². The summed E-state index contributed by atoms with van der Waals surface area (Å²) in [5.74, 6) is -0.586. The molecule has 1 aliphatic carbocycles. The molecule has 3 atom stereocenters. The molecule has 27 heavy (non-hydrogen) atoms. The van der Waals surface area contributed by atoms with E-state index in [4.69, 9.17) is 0 Å². The SMILES string of the molecule is Cc1cc(C)n(CCNC(=O)[C@H]2CC[C@@H](O)[C@H](NC(=O)c3cscn3)C2)n1. The summed E-state index contributed by atoms with van der Waals surface area (Å²) in [5, 5.41) is 22.0. The lowest BCUT2D eigenvalue weighted by atomic mass is 9.83. The number of amides is 2. The molecule has 9 heteroatoms. The van der Waals surface area contributed by atoms with Gasteiger partial charge < -0.3 is 15.7 Å². The maximum absolute atomic E-state index is 12.5. The maximum Gasteiger partial charge on any atom is 0.271 e. The number of carbonyl (C=O) groups excluding carboxylic acids is 2. The fourth-order valence-corrected chi connectivity index (χ4v) is 3.98. The number of aliphatic hydroxyl groups is 1. The molecule has 2 amide bonds. The molecule has 0 radical (unpaired) electrons. The zero-order valence-corrected chi connectivity index (χ0v) is 16.3. The third kappa shape index (κ3) is 4.92. The van der Waals surface area contributed by atoms with Gasteiger partial charge in [-0.05, 0) is 39.2 Å². The van der Waals surface area contributed by atoms with E-state index in [2.05, 4.69) is 20.7 Å². The van der Waals surface area contributed by atoms with E-state index in [1.165, 1.54) is 11.3 Å². The Morgan fingerprint density at radius 3 is 2.85 bits per heavy atom. The Balaban J connectivity index is 1.49. The van der Waals surface area contributed by atoms with Crippen molar-refractivity contribution >= 4 is 23.2 Å². The first-order chi connectivity index (χ1) is 12.9. The van der Waals surface area contributed by atoms with E-state index < -0.39 is 12.1 Å². The fraction of sp³-hybridized carbons (Fsp3) is 0.556. The van der Waals surface area contributed by atoms with Crippen molar-refractivity contribution in [3.05, 3.63) is 34.0 Å². The van der Waals surface area contributed by atoms with E-state index in [9.17, 15) is 14.7 Å². The van der Waals surface area contributed by atoms with Crippen LogP contribution in [-0.2, 0) is 11.3 Å². The maximum atomic E-state index is 12.5. The van der Waals surface area contributed by atoms with Gasteiger partial charge in [-0.25, -0.2) is 4.98 Å². The summed E-state index contributed by atoms with van der Waals surface area (Å²) in [6.45, 7) is 5.04. The quantitative estimate of drug-likeness (QED) is 0.681. The lowest BCUT2D eigenvalue weighted by molar-refractivity contribution is -0.127. The Kier molecular flexibility index (Phi) is 6.22. The smallest absolute Gasteiger partial charge is 0.271 e. The highest BCUT2D eigenvalue weighted by molar-refractivity contribution is 7.07. The van der Waals surface area contributed by atoms with E-state index in [1.807, 2.05) is 24.6 Å². The zero-order valence-electron chi connectivity index (χ0n) is 15.5. The summed E-state index contributed by atoms with van der Waals surface area (Å²) in [6, 6.07) is 1.56. The molecule has 146 valence electrons. The first-order valence-corrected chi connectivity index (χ1v) is 10.0. The molecule has 2 heterocycles. The summed E-state index contributed by atoms with van der Waals surface area (Å²) < 4.78 is 1.87. The van der Waals surface area contributed by atoms with Crippen molar-refractivity contribution in [3.63, 3.8) is 0 Å². The molecule has 1 saturated carbocycles. The third-order valence-corrected chi connectivity index (χ3v) is 5.48. The number of hydrogen-bond acceptors (Lipinski definition) is 6. The van der Waals surface area contributed by atoms with Crippen molar-refractivity contribution in [2.75, 3.05) is 6.54 Å². The van der Waals surface area contributed by atoms with Gasteiger partial charge in [-0.15, -0.1) is 11.3 Å². The van der Waals surface area contributed by atoms with E-state index in [0.29, 0.717) is 38.0 Å². The average Bonchev–Trinajstić information content (AvgIpc) is 3.27. The van der Waals surface area contributed by atoms with Crippen molar-refractivity contribution in [1.29, 1.82) is 0 Å². The van der Waals surface area contributed by atoms with Crippen molar-refractivity contribution < 1.29 is 14.7 Å². The van der Waals surface area contributed by atoms with Crippen molar-refractivity contribution in [3.8, 4) is 0 Å². The van der Waals surface area contributed by atoms with Crippen LogP contribution in [0.3, 0.4) is 0 Å². The largest absolute Gasteiger partial charge is 0.391 e. The second-order valence-corrected chi connectivity index (χ2v) is 7.69. The molecule has 1 fully saturated rings. The fourth-order valence-electron chi connectivity index (χ4n) is 3.45. The highest BCUT2D eigenvalue weighted by Gasteiger charge is 2.34. The Labute approximate surface area is 162 Å². The molecule has 3 N–H and O–H groups in total. The Morgan fingerprint density at radius 2 is 2.19 bits per heavy atom. The number of thiazole rings is 1. The number of aliphatic hydroxyl groups excluding tert-OH is 1. The minimum absolute atomic E-state index is 0.0451. The van der Waals surface area contributed by atoms with E-state index in [-0.39, 0.29) is 17.7 Å². The van der Waals surface area contributed by atoms with Crippen LogP contribution >= 0.6 is 11.3 Å². The van der Waals surface area contributed by atoms with Crippen LogP contribution in [0.25, 0.3) is 0 Å². The molecule has 8 nitrogen and oxygen atoms in total. The number of nitrogens with zero attached hydrogens (tertiary/aromatic N) is 3. The summed E-state index contributed by atoms with van der Waals surface area (Å²) >= 11 is 1.34. The van der Waals surface area contributed by atoms with Crippen molar-refractivity contribution in [2.24, 2.45) is 5.92 Å². The highest BCUT2D eigenvalue weighted by Crippen LogP contribution is 2.25. The van der Waals surface area contributed by atoms with Crippen LogP contribution in [0, 0.1) is 19.8 Å². The molecule has 0 bridgehead atoms. The molecule has 0 aromatic carbocycles. The van der Waals surface area contributed by atoms with Crippen LogP contribution in [0.5, 0.6) is 0 Å². The van der Waals surface area contributed by atoms with E-state index >= 15 is 0 Å². The van der Waals surface area contributed by atoms with Crippen molar-refractivity contribution in [2.45, 2.75) is 51.8 Å². The first-order valence-electron chi connectivity index (χ1n) is 9.10. The van der Waals surface area contributed by atoms with E-state index in [0.717, 1.165) is 11.4 Å². The molecule has 0 saturated heterocycles. The highest BCUT2D eigenvalue weighted by atomic mass is 32.1. The molecular formula is C18H25N5O3S. The van der Waals surface area contributed by atoms with Gasteiger partial charge in [0.2, 0.25) is 5.91 Å². The van der Waals surface area contributed by atoms with Crippen LogP contribution in [0.2, 0.25) is 0 Å². The predicted octanol–water partition coefficient (Wildman–Crippen LogP) is 1.03. The third-order valence-electron chi connectivity index (χ3n) is 4.89. The minimum atomic E-state index is -0.647. The van der Waals surface area contributed by atoms with Gasteiger partial charge in [0.1, 0.15) is 5.69 Å². The number of aromatic nitrogens is 3. The lowest BCUT2D eigenvalue weighted by Crippen LogP contribution is -2.49. The van der Waals surface area contributed by atoms with Gasteiger partial charge in [0, 0.05) is 23.5 Å². The number of aryl methyl sites for hydroxylation is 2. The van der Waals surface area contributed by atoms with Gasteiger partial charge in [0.25, 0.3) is 5.91 Å². The van der Waals surface area contributed by atoms with Crippen LogP contribution in [0.4, 0.5) is 0 Å². The summed E-state index contributed by atoms with van der Waals surface area (Å²) in [5.41, 5.74) is 3.94. The molecule has 1 aliphatic rings. The Hall–Kier alpha value is -2.26. The van der Waals surface area contributed by atoms with Gasteiger partial charge in [0.15, 0.2) is 0 Å². The number of rotatable bonds is 6. The summed E-state index contributed by atoms with van der Waals surface area (Å²) in [4.78, 5) is 28.6. The normalized spacial score (nSPS) is 22.4. The van der Waals surface area contributed by atoms with Gasteiger partial charge >= 0.3 is 0 Å². The molecule has 0 spiro atoms. The number of nitrogens with one attached hydrogen (secondary N) is 2. The Bertz CT molecular complexity index is 789. The Morgan fingerprint density at radius 1 is 1.37 bits per heavy atom.